The molecule has 1 aromatic heterocycles. The number of hydrogen-bond donors (Lipinski definition) is 2. The molecule has 0 fully saturated rings. The third-order valence-electron chi connectivity index (χ3n) is 1.75. The quantitative estimate of drug-likeness (QED) is 0.758. The zero-order valence-electron chi connectivity index (χ0n) is 8.03. The summed E-state index contributed by atoms with van der Waals surface area (Å²) in [5, 5.41) is 12.3. The van der Waals surface area contributed by atoms with E-state index < -0.39 is 0 Å². The van der Waals surface area contributed by atoms with Gasteiger partial charge in [0.25, 0.3) is 0 Å². The normalized spacial score (nSPS) is 13.5. The van der Waals surface area contributed by atoms with Gasteiger partial charge >= 0.3 is 0 Å². The summed E-state index contributed by atoms with van der Waals surface area (Å²) in [5.41, 5.74) is 1.82. The lowest BCUT2D eigenvalue weighted by Crippen LogP contribution is -2.28. The zero-order valence-corrected chi connectivity index (χ0v) is 8.84. The van der Waals surface area contributed by atoms with Crippen molar-refractivity contribution in [2.75, 3.05) is 6.61 Å². The lowest BCUT2D eigenvalue weighted by molar-refractivity contribution is 0.262. The van der Waals surface area contributed by atoms with Crippen molar-refractivity contribution in [1.29, 1.82) is 0 Å². The molecule has 74 valence electrons. The van der Waals surface area contributed by atoms with Gasteiger partial charge in [-0.3, -0.25) is 4.98 Å². The fourth-order valence-electron chi connectivity index (χ4n) is 1.24. The van der Waals surface area contributed by atoms with Crippen molar-refractivity contribution in [3.8, 4) is 0 Å². The van der Waals surface area contributed by atoms with Crippen LogP contribution >= 0.6 is 11.3 Å². The predicted molar refractivity (Wildman–Crippen MR) is 54.8 cm³/mol. The van der Waals surface area contributed by atoms with Crippen molar-refractivity contribution in [1.82, 2.24) is 10.3 Å². The summed E-state index contributed by atoms with van der Waals surface area (Å²) in [4.78, 5) is 5.23. The van der Waals surface area contributed by atoms with Crippen LogP contribution in [0.1, 0.15) is 31.2 Å². The Hall–Kier alpha value is -0.450. The van der Waals surface area contributed by atoms with Crippen molar-refractivity contribution >= 4 is 11.3 Å². The summed E-state index contributed by atoms with van der Waals surface area (Å²) in [6.45, 7) is 4.42. The maximum atomic E-state index is 8.89. The first-order chi connectivity index (χ1) is 6.24. The monoisotopic (exact) mass is 200 g/mol. The van der Waals surface area contributed by atoms with Crippen LogP contribution in [0.25, 0.3) is 0 Å². The number of nitrogens with one attached hydrogen (secondary N) is 1. The van der Waals surface area contributed by atoms with Crippen molar-refractivity contribution in [3.63, 3.8) is 0 Å². The number of rotatable bonds is 5. The van der Waals surface area contributed by atoms with E-state index in [-0.39, 0.29) is 12.6 Å². The van der Waals surface area contributed by atoms with Gasteiger partial charge in [-0.2, -0.15) is 0 Å². The van der Waals surface area contributed by atoms with E-state index in [1.807, 2.05) is 11.7 Å². The number of nitrogens with zero attached hydrogens (tertiary/aromatic N) is 1. The Morgan fingerprint density at radius 3 is 2.85 bits per heavy atom. The van der Waals surface area contributed by atoms with E-state index in [0.29, 0.717) is 6.04 Å². The van der Waals surface area contributed by atoms with Crippen LogP contribution in [-0.2, 0) is 0 Å². The molecule has 0 aliphatic heterocycles. The number of aliphatic hydroxyl groups is 1. The average Bonchev–Trinajstić information content (AvgIpc) is 2.54. The predicted octanol–water partition coefficient (Wildman–Crippen LogP) is 1.56. The number of aliphatic hydroxyl groups excluding tert-OH is 1. The van der Waals surface area contributed by atoms with E-state index in [1.54, 1.807) is 11.3 Å². The Morgan fingerprint density at radius 1 is 1.62 bits per heavy atom. The minimum Gasteiger partial charge on any atom is -0.396 e. The van der Waals surface area contributed by atoms with Gasteiger partial charge in [0, 0.05) is 29.8 Å². The van der Waals surface area contributed by atoms with E-state index in [0.717, 1.165) is 6.42 Å². The molecular formula is C9H16N2OS. The Bertz CT molecular complexity index is 224. The first kappa shape index (κ1) is 10.6. The first-order valence-corrected chi connectivity index (χ1v) is 5.37. The first-order valence-electron chi connectivity index (χ1n) is 4.49. The number of thiazole rings is 1. The molecule has 0 aliphatic rings. The summed E-state index contributed by atoms with van der Waals surface area (Å²) >= 11 is 1.63. The van der Waals surface area contributed by atoms with E-state index in [4.69, 9.17) is 5.11 Å². The summed E-state index contributed by atoms with van der Waals surface area (Å²) in [6, 6.07) is 0.677. The van der Waals surface area contributed by atoms with Gasteiger partial charge in [0.15, 0.2) is 0 Å². The zero-order chi connectivity index (χ0) is 9.68. The molecule has 1 heterocycles. The highest BCUT2D eigenvalue weighted by Crippen LogP contribution is 2.20. The third kappa shape index (κ3) is 3.42. The highest BCUT2D eigenvalue weighted by atomic mass is 32.1. The second-order valence-corrected chi connectivity index (χ2v) is 4.21. The molecule has 1 aromatic rings. The minimum absolute atomic E-state index is 0.211. The molecule has 0 radical (unpaired) electrons. The lowest BCUT2D eigenvalue weighted by atomic mass is 10.1. The van der Waals surface area contributed by atoms with E-state index in [1.165, 1.54) is 4.88 Å². The summed E-state index contributed by atoms with van der Waals surface area (Å²) < 4.78 is 0. The van der Waals surface area contributed by atoms with Crippen LogP contribution in [0.4, 0.5) is 0 Å². The van der Waals surface area contributed by atoms with Crippen LogP contribution in [0.3, 0.4) is 0 Å². The second kappa shape index (κ2) is 5.32. The van der Waals surface area contributed by atoms with Crippen molar-refractivity contribution in [2.24, 2.45) is 0 Å². The molecule has 3 nitrogen and oxygen atoms in total. The van der Waals surface area contributed by atoms with Gasteiger partial charge in [0.1, 0.15) is 0 Å². The van der Waals surface area contributed by atoms with Crippen LogP contribution in [0, 0.1) is 0 Å². The summed E-state index contributed by atoms with van der Waals surface area (Å²) in [6.07, 6.45) is 2.61. The van der Waals surface area contributed by atoms with E-state index >= 15 is 0 Å². The SMILES string of the molecule is CC(C)NC(CCO)c1cncs1. The fourth-order valence-corrected chi connectivity index (χ4v) is 1.95. The lowest BCUT2D eigenvalue weighted by Gasteiger charge is -2.18. The fraction of sp³-hybridized carbons (Fsp3) is 0.667. The van der Waals surface area contributed by atoms with Gasteiger partial charge in [-0.1, -0.05) is 13.8 Å². The van der Waals surface area contributed by atoms with Gasteiger partial charge in [-0.25, -0.2) is 0 Å². The number of aromatic nitrogens is 1. The Labute approximate surface area is 82.8 Å². The van der Waals surface area contributed by atoms with Crippen molar-refractivity contribution in [3.05, 3.63) is 16.6 Å². The summed E-state index contributed by atoms with van der Waals surface area (Å²) in [5.74, 6) is 0. The molecule has 0 aromatic carbocycles. The molecule has 1 atom stereocenters. The van der Waals surface area contributed by atoms with Crippen molar-refractivity contribution < 1.29 is 5.11 Å². The molecule has 0 saturated heterocycles. The third-order valence-corrected chi connectivity index (χ3v) is 2.64. The smallest absolute Gasteiger partial charge is 0.0794 e. The van der Waals surface area contributed by atoms with Crippen LogP contribution in [0.5, 0.6) is 0 Å². The maximum Gasteiger partial charge on any atom is 0.0794 e. The topological polar surface area (TPSA) is 45.1 Å². The molecule has 1 unspecified atom stereocenters. The number of hydrogen-bond acceptors (Lipinski definition) is 4. The van der Waals surface area contributed by atoms with Gasteiger partial charge in [-0.05, 0) is 6.42 Å². The van der Waals surface area contributed by atoms with Gasteiger partial charge in [-0.15, -0.1) is 11.3 Å². The highest BCUT2D eigenvalue weighted by Gasteiger charge is 2.12. The average molecular weight is 200 g/mol. The molecule has 0 bridgehead atoms. The molecule has 0 saturated carbocycles. The Morgan fingerprint density at radius 2 is 2.38 bits per heavy atom. The van der Waals surface area contributed by atoms with Gasteiger partial charge in [0.2, 0.25) is 0 Å². The standard InChI is InChI=1S/C9H16N2OS/c1-7(2)11-8(3-4-12)9-5-10-6-13-9/h5-8,11-12H,3-4H2,1-2H3. The highest BCUT2D eigenvalue weighted by molar-refractivity contribution is 7.09. The van der Waals surface area contributed by atoms with Crippen LogP contribution < -0.4 is 5.32 Å². The Kier molecular flexibility index (Phi) is 4.35. The van der Waals surface area contributed by atoms with E-state index in [2.05, 4.69) is 24.1 Å². The molecule has 0 amide bonds. The molecule has 0 spiro atoms. The van der Waals surface area contributed by atoms with Gasteiger partial charge < -0.3 is 10.4 Å². The molecular weight excluding hydrogens is 184 g/mol. The largest absolute Gasteiger partial charge is 0.396 e. The van der Waals surface area contributed by atoms with Crippen molar-refractivity contribution in [2.45, 2.75) is 32.4 Å². The Balaban J connectivity index is 2.57. The molecule has 4 heteroatoms. The molecule has 1 rings (SSSR count). The van der Waals surface area contributed by atoms with Gasteiger partial charge in [0.05, 0.1) is 5.51 Å². The maximum absolute atomic E-state index is 8.89. The summed E-state index contributed by atoms with van der Waals surface area (Å²) in [7, 11) is 0. The second-order valence-electron chi connectivity index (χ2n) is 3.29. The molecule has 0 aliphatic carbocycles. The molecule has 2 N–H and O–H groups in total. The van der Waals surface area contributed by atoms with Crippen LogP contribution in [0.2, 0.25) is 0 Å². The minimum atomic E-state index is 0.211. The van der Waals surface area contributed by atoms with Crippen LogP contribution in [-0.4, -0.2) is 22.7 Å². The van der Waals surface area contributed by atoms with Crippen LogP contribution in [0.15, 0.2) is 11.7 Å². The molecule has 13 heavy (non-hydrogen) atoms. The van der Waals surface area contributed by atoms with E-state index in [9.17, 15) is 0 Å².